The molecule has 0 unspecified atom stereocenters. The van der Waals surface area contributed by atoms with Gasteiger partial charge in [0.25, 0.3) is 0 Å². The second-order valence-electron chi connectivity index (χ2n) is 34.1. The Bertz CT molecular complexity index is 1460. The van der Waals surface area contributed by atoms with Crippen LogP contribution >= 0.6 is 25.8 Å². The van der Waals surface area contributed by atoms with Crippen LogP contribution in [0.3, 0.4) is 0 Å². The fourth-order valence-electron chi connectivity index (χ4n) is 15.7. The Morgan fingerprint density at radius 1 is 0.191 bits per heavy atom. The normalized spacial score (nSPS) is 12.0. The van der Waals surface area contributed by atoms with E-state index >= 15 is 0 Å². The molecule has 0 amide bonds. The van der Waals surface area contributed by atoms with E-state index in [2.05, 4.69) is 38.9 Å². The van der Waals surface area contributed by atoms with Crippen molar-refractivity contribution in [3.8, 4) is 0 Å². The van der Waals surface area contributed by atoms with Gasteiger partial charge in [-0.25, -0.2) is 4.31 Å². The van der Waals surface area contributed by atoms with E-state index in [0.717, 1.165) is 64.8 Å². The molecule has 0 aliphatic heterocycles. The number of hydrogen-bond acceptors (Lipinski definition) is 12. The van der Waals surface area contributed by atoms with Gasteiger partial charge in [-0.05, 0) is 32.1 Å². The Kier molecular flexibility index (Phi) is 105. The van der Waals surface area contributed by atoms with Crippen LogP contribution in [0.15, 0.2) is 0 Å². The zero-order chi connectivity index (χ0) is 80.8. The first kappa shape index (κ1) is 115. The van der Waals surface area contributed by atoms with Crippen LogP contribution in [0.25, 0.3) is 0 Å². The summed E-state index contributed by atoms with van der Waals surface area (Å²) in [4.78, 5) is 31.3. The van der Waals surface area contributed by atoms with Crippen molar-refractivity contribution in [2.75, 3.05) is 39.6 Å². The number of hydrogen-bond donors (Lipinski definition) is 8. The van der Waals surface area contributed by atoms with Gasteiger partial charge in [-0.15, -0.1) is 0 Å². The van der Waals surface area contributed by atoms with E-state index in [0.29, 0.717) is 12.8 Å². The molecule has 110 heavy (non-hydrogen) atoms. The first-order valence-corrected chi connectivity index (χ1v) is 52.7. The molecule has 0 spiro atoms. The minimum Gasteiger partial charge on any atom is -0.395 e. The van der Waals surface area contributed by atoms with Gasteiger partial charge in [0.15, 0.2) is 0 Å². The molecule has 0 fully saturated rings. The molecule has 12 nitrogen and oxygen atoms in total. The fourth-order valence-corrected chi connectivity index (χ4v) is 17.3. The molecule has 0 saturated heterocycles. The van der Waals surface area contributed by atoms with Crippen LogP contribution in [0.1, 0.15) is 561 Å². The topological polar surface area (TPSA) is 199 Å². The zero-order valence-corrected chi connectivity index (χ0v) is 77.5. The molecular weight excluding hydrogens is 1430 g/mol. The highest BCUT2D eigenvalue weighted by atomic mass is 31.2. The Balaban J connectivity index is -0.00000196. The summed E-state index contributed by atoms with van der Waals surface area (Å²) < 4.78 is 22.3. The third-order valence-corrected chi connectivity index (χ3v) is 25.9. The zero-order valence-electron chi connectivity index (χ0n) is 74.8. The number of unbranched alkanes of at least 4 members (excludes halogenated alkanes) is 75. The standard InChI is InChI=1S/C54H111O3P.C41H84O4.H4O5P2/c1-4-7-10-13-16-19-22-25-28-31-34-37-40-43-46-49-52-55-58(56-53-50-47-44-41-38-35-32-29-26-23-20-17-14-11-8-5-2)57-54-51-48-45-42-39-36-33-30-27-24-21-18-15-12-9-6-3;1-3-5-7-9-11-13-15-17-19-21-23-25-27-29-31-33-35-41(45,40(37-42,38-43)39-44)36-34-32-30-28-26-24-22-20-18-16-14-12-10-8-6-4-2;1-6(2)5-7(3)4/h4-54H2,1-3H3;42-45H,3-39H2,1-2H3;1-4H. The van der Waals surface area contributed by atoms with Gasteiger partial charge in [-0.1, -0.05) is 529 Å². The number of aliphatic hydroxyl groups is 4. The van der Waals surface area contributed by atoms with Crippen molar-refractivity contribution < 1.29 is 57.9 Å². The molecular formula is C95H199O12P3. The highest BCUT2D eigenvalue weighted by Crippen LogP contribution is 2.43. The van der Waals surface area contributed by atoms with Gasteiger partial charge < -0.3 is 53.6 Å². The average molecular weight is 1630 g/mol. The molecule has 0 bridgehead atoms. The fraction of sp³-hybridized carbons (Fsp3) is 1.00. The summed E-state index contributed by atoms with van der Waals surface area (Å²) >= 11 is 0. The van der Waals surface area contributed by atoms with Crippen LogP contribution in [0.2, 0.25) is 0 Å². The quantitative estimate of drug-likeness (QED) is 0.0212. The third kappa shape index (κ3) is 91.1. The summed E-state index contributed by atoms with van der Waals surface area (Å²) in [6.45, 7) is 12.7. The van der Waals surface area contributed by atoms with Crippen LogP contribution in [-0.4, -0.2) is 85.2 Å². The lowest BCUT2D eigenvalue weighted by Crippen LogP contribution is -2.55. The largest absolute Gasteiger partial charge is 0.395 e. The molecule has 0 radical (unpaired) electrons. The highest BCUT2D eigenvalue weighted by Gasteiger charge is 2.48. The molecule has 0 aromatic heterocycles. The molecule has 0 saturated carbocycles. The van der Waals surface area contributed by atoms with Gasteiger partial charge in [0, 0.05) is 0 Å². The van der Waals surface area contributed by atoms with Crippen molar-refractivity contribution in [3.63, 3.8) is 0 Å². The lowest BCUT2D eigenvalue weighted by atomic mass is 9.68. The first-order valence-electron chi connectivity index (χ1n) is 49.3. The third-order valence-electron chi connectivity index (χ3n) is 23.5. The van der Waals surface area contributed by atoms with Gasteiger partial charge in [-0.3, -0.25) is 0 Å². The van der Waals surface area contributed by atoms with Gasteiger partial charge in [0.2, 0.25) is 0 Å². The summed E-state index contributed by atoms with van der Waals surface area (Å²) in [5.41, 5.74) is -2.44. The van der Waals surface area contributed by atoms with Gasteiger partial charge >= 0.3 is 25.8 Å². The maximum atomic E-state index is 11.7. The molecule has 0 atom stereocenters. The van der Waals surface area contributed by atoms with E-state index in [4.69, 9.17) is 33.1 Å². The smallest absolute Gasteiger partial charge is 0.334 e. The van der Waals surface area contributed by atoms with Crippen LogP contribution in [-0.2, 0) is 17.9 Å². The van der Waals surface area contributed by atoms with E-state index < -0.39 is 36.8 Å². The van der Waals surface area contributed by atoms with E-state index in [-0.39, 0.29) is 19.8 Å². The van der Waals surface area contributed by atoms with Gasteiger partial charge in [0.1, 0.15) is 0 Å². The van der Waals surface area contributed by atoms with Crippen LogP contribution in [0.4, 0.5) is 0 Å². The van der Waals surface area contributed by atoms with E-state index in [9.17, 15) is 20.4 Å². The highest BCUT2D eigenvalue weighted by molar-refractivity contribution is 7.53. The lowest BCUT2D eigenvalue weighted by molar-refractivity contribution is -0.162. The molecule has 0 aromatic carbocycles. The molecule has 0 aliphatic rings. The summed E-state index contributed by atoms with van der Waals surface area (Å²) in [6.07, 6.45) is 110. The Morgan fingerprint density at radius 2 is 0.318 bits per heavy atom. The van der Waals surface area contributed by atoms with Crippen molar-refractivity contribution in [2.45, 2.75) is 567 Å². The molecule has 0 aliphatic carbocycles. The summed E-state index contributed by atoms with van der Waals surface area (Å²) in [5.74, 6) is 0. The predicted octanol–water partition coefficient (Wildman–Crippen LogP) is 32.5. The van der Waals surface area contributed by atoms with Crippen LogP contribution in [0.5, 0.6) is 0 Å². The Hall–Kier alpha value is 0.810. The average Bonchev–Trinajstić information content (AvgIpc) is 0.791. The molecule has 0 heterocycles. The van der Waals surface area contributed by atoms with Crippen LogP contribution < -0.4 is 0 Å². The molecule has 8 N–H and O–H groups in total. The van der Waals surface area contributed by atoms with Crippen molar-refractivity contribution in [1.82, 2.24) is 0 Å². The van der Waals surface area contributed by atoms with Gasteiger partial charge in [0.05, 0.1) is 50.7 Å². The molecule has 15 heteroatoms. The maximum absolute atomic E-state index is 11.7. The lowest BCUT2D eigenvalue weighted by Gasteiger charge is -2.44. The minimum atomic E-state index is -2.61. The van der Waals surface area contributed by atoms with E-state index in [1.54, 1.807) is 0 Å². The number of rotatable bonds is 94. The molecule has 0 rings (SSSR count). The second kappa shape index (κ2) is 100. The summed E-state index contributed by atoms with van der Waals surface area (Å²) in [6, 6.07) is 0. The first-order chi connectivity index (χ1) is 54.0. The van der Waals surface area contributed by atoms with Crippen molar-refractivity contribution in [2.24, 2.45) is 5.41 Å². The van der Waals surface area contributed by atoms with Crippen molar-refractivity contribution in [1.29, 1.82) is 0 Å². The Labute approximate surface area is 691 Å². The monoisotopic (exact) mass is 1630 g/mol. The summed E-state index contributed by atoms with van der Waals surface area (Å²) in [7, 11) is -6.41. The van der Waals surface area contributed by atoms with Crippen molar-refractivity contribution >= 4 is 25.8 Å². The maximum Gasteiger partial charge on any atom is 0.334 e. The second-order valence-corrected chi connectivity index (χ2v) is 37.0. The Morgan fingerprint density at radius 3 is 0.436 bits per heavy atom. The van der Waals surface area contributed by atoms with Gasteiger partial charge in [-0.2, -0.15) is 0 Å². The van der Waals surface area contributed by atoms with Crippen LogP contribution in [0, 0.1) is 5.41 Å². The minimum absolute atomic E-state index is 0.381. The summed E-state index contributed by atoms with van der Waals surface area (Å²) in [5, 5.41) is 42.0. The van der Waals surface area contributed by atoms with E-state index in [1.807, 2.05) is 0 Å². The number of aliphatic hydroxyl groups excluding tert-OH is 3. The molecule has 0 aromatic rings. The van der Waals surface area contributed by atoms with Crippen molar-refractivity contribution in [3.05, 3.63) is 0 Å². The SMILES string of the molecule is CCCCCCCCCCCCCCCCCCC(O)(CCCCCCCCCCCCCCCCCC)C(CO)(CO)CO.CCCCCCCCCCCCCCCCCCOP(OCCCCCCCCCCCCCCCCCC)OCCCCCCCCCCCCCCCCCC.OP(O)OP(O)O. The predicted molar refractivity (Wildman–Crippen MR) is 484 cm³/mol. The molecule has 666 valence electrons. The van der Waals surface area contributed by atoms with E-state index in [1.165, 1.54) is 469 Å².